The number of benzene rings is 2. The number of hydrogen-bond acceptors (Lipinski definition) is 2. The molecule has 1 N–H and O–H groups in total. The second kappa shape index (κ2) is 7.20. The van der Waals surface area contributed by atoms with Crippen LogP contribution in [-0.2, 0) is 0 Å². The molecule has 0 aliphatic carbocycles. The van der Waals surface area contributed by atoms with Crippen molar-refractivity contribution in [2.45, 2.75) is 10.9 Å². The summed E-state index contributed by atoms with van der Waals surface area (Å²) in [6.07, 6.45) is 0. The molecule has 2 aromatic rings. The topological polar surface area (TPSA) is 12.0 Å². The first-order chi connectivity index (χ1) is 9.61. The van der Waals surface area contributed by atoms with Crippen molar-refractivity contribution in [1.82, 2.24) is 5.32 Å². The number of nitrogens with one attached hydrogen (secondary N) is 1. The summed E-state index contributed by atoms with van der Waals surface area (Å²) in [5.41, 5.74) is 0.575. The van der Waals surface area contributed by atoms with E-state index in [-0.39, 0.29) is 17.7 Å². The fourth-order valence-corrected chi connectivity index (χ4v) is 3.30. The molecule has 0 saturated heterocycles. The molecule has 1 unspecified atom stereocenters. The van der Waals surface area contributed by atoms with Gasteiger partial charge in [-0.15, -0.1) is 11.8 Å². The van der Waals surface area contributed by atoms with E-state index >= 15 is 0 Å². The van der Waals surface area contributed by atoms with Crippen molar-refractivity contribution in [1.29, 1.82) is 0 Å². The molecule has 106 valence electrons. The highest BCUT2D eigenvalue weighted by atomic mass is 79.9. The lowest BCUT2D eigenvalue weighted by atomic mass is 10.1. The first-order valence-electron chi connectivity index (χ1n) is 6.11. The number of rotatable bonds is 5. The zero-order valence-electron chi connectivity index (χ0n) is 10.9. The summed E-state index contributed by atoms with van der Waals surface area (Å²) in [4.78, 5) is 0.572. The highest BCUT2D eigenvalue weighted by Gasteiger charge is 2.15. The molecule has 2 rings (SSSR count). The second-order valence-electron chi connectivity index (χ2n) is 4.25. The second-order valence-corrected chi connectivity index (χ2v) is 6.23. The predicted molar refractivity (Wildman–Crippen MR) is 83.0 cm³/mol. The molecule has 0 aromatic heterocycles. The molecule has 0 spiro atoms. The monoisotopic (exact) mass is 357 g/mol. The van der Waals surface area contributed by atoms with E-state index in [2.05, 4.69) is 21.2 Å². The van der Waals surface area contributed by atoms with E-state index in [0.717, 1.165) is 4.47 Å². The minimum Gasteiger partial charge on any atom is -0.312 e. The highest BCUT2D eigenvalue weighted by molar-refractivity contribution is 9.10. The summed E-state index contributed by atoms with van der Waals surface area (Å²) in [7, 11) is 1.77. The molecule has 1 nitrogen and oxygen atoms in total. The summed E-state index contributed by atoms with van der Waals surface area (Å²) in [5, 5.41) is 3.07. The van der Waals surface area contributed by atoms with E-state index in [1.54, 1.807) is 37.4 Å². The van der Waals surface area contributed by atoms with Crippen LogP contribution in [0.1, 0.15) is 11.6 Å². The van der Waals surface area contributed by atoms with Crippen molar-refractivity contribution in [2.24, 2.45) is 0 Å². The van der Waals surface area contributed by atoms with Gasteiger partial charge in [0.2, 0.25) is 0 Å². The quantitative estimate of drug-likeness (QED) is 0.772. The van der Waals surface area contributed by atoms with Crippen LogP contribution < -0.4 is 5.32 Å². The SMILES string of the molecule is CNC(CSc1ccccc1F)c1cc(Br)ccc1F. The smallest absolute Gasteiger partial charge is 0.136 e. The molecule has 0 heterocycles. The summed E-state index contributed by atoms with van der Waals surface area (Å²) in [6, 6.07) is 11.3. The molecule has 0 saturated carbocycles. The predicted octanol–water partition coefficient (Wildman–Crippen LogP) is 4.78. The van der Waals surface area contributed by atoms with E-state index in [0.29, 0.717) is 16.2 Å². The van der Waals surface area contributed by atoms with Crippen LogP contribution in [0.3, 0.4) is 0 Å². The van der Waals surface area contributed by atoms with E-state index in [9.17, 15) is 8.78 Å². The Morgan fingerprint density at radius 1 is 1.15 bits per heavy atom. The normalized spacial score (nSPS) is 12.4. The Morgan fingerprint density at radius 3 is 2.60 bits per heavy atom. The van der Waals surface area contributed by atoms with Crippen molar-refractivity contribution in [3.05, 3.63) is 64.1 Å². The lowest BCUT2D eigenvalue weighted by Gasteiger charge is -2.17. The van der Waals surface area contributed by atoms with Gasteiger partial charge >= 0.3 is 0 Å². The minimum absolute atomic E-state index is 0.183. The lowest BCUT2D eigenvalue weighted by Crippen LogP contribution is -2.20. The summed E-state index contributed by atoms with van der Waals surface area (Å²) < 4.78 is 28.3. The van der Waals surface area contributed by atoms with Crippen molar-refractivity contribution in [3.63, 3.8) is 0 Å². The Bertz CT molecular complexity index is 592. The third-order valence-electron chi connectivity index (χ3n) is 2.92. The molecule has 20 heavy (non-hydrogen) atoms. The molecule has 0 aliphatic rings. The van der Waals surface area contributed by atoms with E-state index < -0.39 is 0 Å². The van der Waals surface area contributed by atoms with Gasteiger partial charge in [0.15, 0.2) is 0 Å². The molecular weight excluding hydrogens is 344 g/mol. The molecule has 2 aromatic carbocycles. The standard InChI is InChI=1S/C15H14BrF2NS/c1-19-14(11-8-10(16)6-7-12(11)17)9-20-15-5-3-2-4-13(15)18/h2-8,14,19H,9H2,1H3. The highest BCUT2D eigenvalue weighted by Crippen LogP contribution is 2.29. The third kappa shape index (κ3) is 3.81. The van der Waals surface area contributed by atoms with E-state index in [1.807, 2.05) is 0 Å². The fourth-order valence-electron chi connectivity index (χ4n) is 1.85. The van der Waals surface area contributed by atoms with Gasteiger partial charge in [-0.1, -0.05) is 28.1 Å². The molecule has 0 fully saturated rings. The first-order valence-corrected chi connectivity index (χ1v) is 7.89. The summed E-state index contributed by atoms with van der Waals surface area (Å²) >= 11 is 4.71. The van der Waals surface area contributed by atoms with Crippen LogP contribution in [0, 0.1) is 11.6 Å². The van der Waals surface area contributed by atoms with Gasteiger partial charge in [-0.05, 0) is 37.4 Å². The van der Waals surface area contributed by atoms with Crippen LogP contribution in [0.4, 0.5) is 8.78 Å². The van der Waals surface area contributed by atoms with Gasteiger partial charge in [-0.25, -0.2) is 8.78 Å². The van der Waals surface area contributed by atoms with Crippen molar-refractivity contribution < 1.29 is 8.78 Å². The van der Waals surface area contributed by atoms with Gasteiger partial charge in [0.05, 0.1) is 0 Å². The average molecular weight is 358 g/mol. The Kier molecular flexibility index (Phi) is 5.57. The zero-order chi connectivity index (χ0) is 14.5. The maximum atomic E-state index is 13.9. The average Bonchev–Trinajstić information content (AvgIpc) is 2.45. The van der Waals surface area contributed by atoms with E-state index in [4.69, 9.17) is 0 Å². The van der Waals surface area contributed by atoms with Crippen LogP contribution in [0.15, 0.2) is 51.8 Å². The number of halogens is 3. The van der Waals surface area contributed by atoms with Crippen LogP contribution in [0.25, 0.3) is 0 Å². The van der Waals surface area contributed by atoms with Gasteiger partial charge < -0.3 is 5.32 Å². The summed E-state index contributed by atoms with van der Waals surface area (Å²) in [5.74, 6) is 0.0360. The van der Waals surface area contributed by atoms with Crippen molar-refractivity contribution in [3.8, 4) is 0 Å². The molecule has 5 heteroatoms. The van der Waals surface area contributed by atoms with Crippen LogP contribution in [0.5, 0.6) is 0 Å². The largest absolute Gasteiger partial charge is 0.312 e. The van der Waals surface area contributed by atoms with Gasteiger partial charge in [0.25, 0.3) is 0 Å². The number of hydrogen-bond donors (Lipinski definition) is 1. The van der Waals surface area contributed by atoms with Gasteiger partial charge in [0.1, 0.15) is 11.6 Å². The molecule has 0 amide bonds. The Hall–Kier alpha value is -0.910. The van der Waals surface area contributed by atoms with E-state index in [1.165, 1.54) is 23.9 Å². The maximum Gasteiger partial charge on any atom is 0.136 e. The summed E-state index contributed by atoms with van der Waals surface area (Å²) in [6.45, 7) is 0. The zero-order valence-corrected chi connectivity index (χ0v) is 13.3. The van der Waals surface area contributed by atoms with Crippen LogP contribution in [-0.4, -0.2) is 12.8 Å². The molecular formula is C15H14BrF2NS. The number of thioether (sulfide) groups is 1. The molecule has 1 atom stereocenters. The fraction of sp³-hybridized carbons (Fsp3) is 0.200. The molecule has 0 bridgehead atoms. The van der Waals surface area contributed by atoms with Crippen molar-refractivity contribution in [2.75, 3.05) is 12.8 Å². The maximum absolute atomic E-state index is 13.9. The van der Waals surface area contributed by atoms with Gasteiger partial charge in [0, 0.05) is 26.7 Å². The van der Waals surface area contributed by atoms with Gasteiger partial charge in [-0.2, -0.15) is 0 Å². The van der Waals surface area contributed by atoms with Crippen LogP contribution >= 0.6 is 27.7 Å². The third-order valence-corrected chi connectivity index (χ3v) is 4.56. The Labute approximate surface area is 129 Å². The van der Waals surface area contributed by atoms with Gasteiger partial charge in [-0.3, -0.25) is 0 Å². The van der Waals surface area contributed by atoms with Crippen LogP contribution in [0.2, 0.25) is 0 Å². The molecule has 0 aliphatic heterocycles. The minimum atomic E-state index is -0.262. The Balaban J connectivity index is 2.13. The first kappa shape index (κ1) is 15.5. The van der Waals surface area contributed by atoms with Crippen molar-refractivity contribution >= 4 is 27.7 Å². The molecule has 0 radical (unpaired) electrons. The Morgan fingerprint density at radius 2 is 1.90 bits per heavy atom. The lowest BCUT2D eigenvalue weighted by molar-refractivity contribution is 0.564.